The molecule has 0 spiro atoms. The molecule has 2 heterocycles. The zero-order valence-corrected chi connectivity index (χ0v) is 17.6. The molecule has 0 aliphatic carbocycles. The van der Waals surface area contributed by atoms with Crippen LogP contribution in [0.3, 0.4) is 0 Å². The van der Waals surface area contributed by atoms with E-state index >= 15 is 0 Å². The molecule has 0 aliphatic heterocycles. The molecule has 1 N–H and O–H groups in total. The van der Waals surface area contributed by atoms with Crippen LogP contribution in [0.25, 0.3) is 16.7 Å². The van der Waals surface area contributed by atoms with E-state index in [9.17, 15) is 14.0 Å². The van der Waals surface area contributed by atoms with Gasteiger partial charge in [-0.3, -0.25) is 14.2 Å². The quantitative estimate of drug-likeness (QED) is 0.530. The van der Waals surface area contributed by atoms with Gasteiger partial charge in [0.1, 0.15) is 18.0 Å². The van der Waals surface area contributed by atoms with Crippen molar-refractivity contribution in [1.29, 1.82) is 0 Å². The molecule has 0 aliphatic rings. The van der Waals surface area contributed by atoms with E-state index in [1.54, 1.807) is 12.1 Å². The van der Waals surface area contributed by atoms with E-state index < -0.39 is 5.82 Å². The SMILES string of the molecule is CCc1ccc(NC(=O)Cn2c(=O)cc(C)c3c(C)nn(-c4cccc(F)c4)c32)cc1. The number of aromatic nitrogens is 3. The van der Waals surface area contributed by atoms with Gasteiger partial charge in [-0.1, -0.05) is 25.1 Å². The highest BCUT2D eigenvalue weighted by Crippen LogP contribution is 2.24. The molecule has 31 heavy (non-hydrogen) atoms. The molecule has 0 radical (unpaired) electrons. The summed E-state index contributed by atoms with van der Waals surface area (Å²) in [6, 6.07) is 15.1. The average molecular weight is 418 g/mol. The number of hydrogen-bond donors (Lipinski definition) is 1. The van der Waals surface area contributed by atoms with Crippen molar-refractivity contribution in [1.82, 2.24) is 14.3 Å². The number of nitrogens with one attached hydrogen (secondary N) is 1. The minimum absolute atomic E-state index is 0.189. The molecule has 0 saturated carbocycles. The first-order valence-corrected chi connectivity index (χ1v) is 10.1. The summed E-state index contributed by atoms with van der Waals surface area (Å²) in [5.74, 6) is -0.741. The molecule has 0 unspecified atom stereocenters. The number of aryl methyl sites for hydroxylation is 3. The summed E-state index contributed by atoms with van der Waals surface area (Å²) >= 11 is 0. The van der Waals surface area contributed by atoms with Crippen LogP contribution in [0.2, 0.25) is 0 Å². The summed E-state index contributed by atoms with van der Waals surface area (Å²) in [6.45, 7) is 5.53. The number of carbonyl (C=O) groups is 1. The van der Waals surface area contributed by atoms with Crippen LogP contribution in [-0.4, -0.2) is 20.3 Å². The molecule has 0 saturated heterocycles. The van der Waals surface area contributed by atoms with Gasteiger partial charge in [-0.25, -0.2) is 9.07 Å². The van der Waals surface area contributed by atoms with Crippen molar-refractivity contribution in [3.8, 4) is 5.69 Å². The fraction of sp³-hybridized carbons (Fsp3) is 0.208. The van der Waals surface area contributed by atoms with Crippen LogP contribution in [0.15, 0.2) is 59.4 Å². The Morgan fingerprint density at radius 1 is 1.10 bits per heavy atom. The lowest BCUT2D eigenvalue weighted by Crippen LogP contribution is -2.29. The van der Waals surface area contributed by atoms with Crippen molar-refractivity contribution in [3.05, 3.63) is 87.6 Å². The van der Waals surface area contributed by atoms with Gasteiger partial charge >= 0.3 is 0 Å². The van der Waals surface area contributed by atoms with Gasteiger partial charge in [0.05, 0.1) is 11.4 Å². The van der Waals surface area contributed by atoms with Gasteiger partial charge in [0.15, 0.2) is 0 Å². The Hall–Kier alpha value is -3.74. The lowest BCUT2D eigenvalue weighted by Gasteiger charge is -2.13. The number of benzene rings is 2. The maximum atomic E-state index is 13.9. The molecule has 2 aromatic carbocycles. The fourth-order valence-electron chi connectivity index (χ4n) is 3.77. The Morgan fingerprint density at radius 3 is 2.52 bits per heavy atom. The third-order valence-corrected chi connectivity index (χ3v) is 5.29. The Kier molecular flexibility index (Phi) is 5.42. The first kappa shape index (κ1) is 20.5. The van der Waals surface area contributed by atoms with E-state index in [0.717, 1.165) is 17.4 Å². The van der Waals surface area contributed by atoms with Crippen molar-refractivity contribution in [3.63, 3.8) is 0 Å². The Morgan fingerprint density at radius 2 is 1.84 bits per heavy atom. The standard InChI is InChI=1S/C24H23FN4O2/c1-4-17-8-10-19(11-9-17)26-21(30)14-28-22(31)12-15(2)23-16(3)27-29(24(23)28)20-7-5-6-18(25)13-20/h5-13H,4,14H2,1-3H3,(H,26,30). The Bertz CT molecular complexity index is 1340. The van der Waals surface area contributed by atoms with Crippen LogP contribution in [0.1, 0.15) is 23.7 Å². The number of amides is 1. The normalized spacial score (nSPS) is 11.1. The maximum Gasteiger partial charge on any atom is 0.252 e. The fourth-order valence-corrected chi connectivity index (χ4v) is 3.77. The summed E-state index contributed by atoms with van der Waals surface area (Å²) in [6.07, 6.45) is 0.911. The number of anilines is 1. The summed E-state index contributed by atoms with van der Waals surface area (Å²) in [5, 5.41) is 8.14. The van der Waals surface area contributed by atoms with Gasteiger partial charge in [-0.05, 0) is 61.7 Å². The number of halogens is 1. The molecule has 0 atom stereocenters. The Balaban J connectivity index is 1.78. The lowest BCUT2D eigenvalue weighted by molar-refractivity contribution is -0.116. The largest absolute Gasteiger partial charge is 0.325 e. The minimum Gasteiger partial charge on any atom is -0.325 e. The van der Waals surface area contributed by atoms with Crippen LogP contribution >= 0.6 is 0 Å². The van der Waals surface area contributed by atoms with Crippen molar-refractivity contribution < 1.29 is 9.18 Å². The molecule has 4 aromatic rings. The highest BCUT2D eigenvalue weighted by atomic mass is 19.1. The summed E-state index contributed by atoms with van der Waals surface area (Å²) in [7, 11) is 0. The minimum atomic E-state index is -0.409. The number of carbonyl (C=O) groups excluding carboxylic acids is 1. The Labute approximate surface area is 178 Å². The number of nitrogens with zero attached hydrogens (tertiary/aromatic N) is 3. The van der Waals surface area contributed by atoms with Crippen LogP contribution in [0, 0.1) is 19.7 Å². The van der Waals surface area contributed by atoms with Crippen molar-refractivity contribution in [2.45, 2.75) is 33.7 Å². The number of pyridine rings is 1. The van der Waals surface area contributed by atoms with Gasteiger partial charge < -0.3 is 5.32 Å². The van der Waals surface area contributed by atoms with Crippen molar-refractivity contribution in [2.24, 2.45) is 0 Å². The highest BCUT2D eigenvalue weighted by Gasteiger charge is 2.19. The van der Waals surface area contributed by atoms with Crippen LogP contribution in [-0.2, 0) is 17.8 Å². The van der Waals surface area contributed by atoms with Crippen LogP contribution in [0.5, 0.6) is 0 Å². The lowest BCUT2D eigenvalue weighted by atomic mass is 10.1. The van der Waals surface area contributed by atoms with Gasteiger partial charge in [0, 0.05) is 17.1 Å². The molecule has 158 valence electrons. The zero-order valence-electron chi connectivity index (χ0n) is 17.6. The number of fused-ring (bicyclic) bond motifs is 1. The maximum absolute atomic E-state index is 13.9. The number of hydrogen-bond acceptors (Lipinski definition) is 3. The monoisotopic (exact) mass is 418 g/mol. The molecular weight excluding hydrogens is 395 g/mol. The topological polar surface area (TPSA) is 68.9 Å². The third kappa shape index (κ3) is 3.99. The molecule has 0 bridgehead atoms. The second kappa shape index (κ2) is 8.18. The molecule has 7 heteroatoms. The first-order chi connectivity index (χ1) is 14.9. The second-order valence-corrected chi connectivity index (χ2v) is 7.53. The van der Waals surface area contributed by atoms with E-state index in [2.05, 4.69) is 17.3 Å². The predicted molar refractivity (Wildman–Crippen MR) is 119 cm³/mol. The summed E-state index contributed by atoms with van der Waals surface area (Å²) in [5.41, 5.74) is 3.90. The van der Waals surface area contributed by atoms with Gasteiger partial charge in [0.2, 0.25) is 5.91 Å². The first-order valence-electron chi connectivity index (χ1n) is 10.1. The van der Waals surface area contributed by atoms with E-state index in [1.807, 2.05) is 38.1 Å². The molecule has 0 fully saturated rings. The molecule has 4 rings (SSSR count). The molecular formula is C24H23FN4O2. The van der Waals surface area contributed by atoms with Crippen molar-refractivity contribution in [2.75, 3.05) is 5.32 Å². The molecule has 1 amide bonds. The molecule has 2 aromatic heterocycles. The van der Waals surface area contributed by atoms with E-state index in [-0.39, 0.29) is 18.0 Å². The molecule has 6 nitrogen and oxygen atoms in total. The second-order valence-electron chi connectivity index (χ2n) is 7.53. The summed E-state index contributed by atoms with van der Waals surface area (Å²) in [4.78, 5) is 25.6. The van der Waals surface area contributed by atoms with Gasteiger partial charge in [-0.15, -0.1) is 0 Å². The van der Waals surface area contributed by atoms with Gasteiger partial charge in [0.25, 0.3) is 5.56 Å². The van der Waals surface area contributed by atoms with E-state index in [0.29, 0.717) is 22.7 Å². The smallest absolute Gasteiger partial charge is 0.252 e. The van der Waals surface area contributed by atoms with E-state index in [1.165, 1.54) is 33.0 Å². The zero-order chi connectivity index (χ0) is 22.1. The number of rotatable bonds is 5. The average Bonchev–Trinajstić information content (AvgIpc) is 3.09. The van der Waals surface area contributed by atoms with Crippen molar-refractivity contribution >= 4 is 22.6 Å². The predicted octanol–water partition coefficient (Wildman–Crippen LogP) is 4.14. The van der Waals surface area contributed by atoms with Crippen LogP contribution < -0.4 is 10.9 Å². The van der Waals surface area contributed by atoms with Gasteiger partial charge in [-0.2, -0.15) is 5.10 Å². The third-order valence-electron chi connectivity index (χ3n) is 5.29. The highest BCUT2D eigenvalue weighted by molar-refractivity contribution is 5.92. The van der Waals surface area contributed by atoms with E-state index in [4.69, 9.17) is 0 Å². The van der Waals surface area contributed by atoms with Crippen LogP contribution in [0.4, 0.5) is 10.1 Å². The summed E-state index contributed by atoms with van der Waals surface area (Å²) < 4.78 is 16.7.